The van der Waals surface area contributed by atoms with Crippen molar-refractivity contribution in [3.63, 3.8) is 0 Å². The van der Waals surface area contributed by atoms with Crippen LogP contribution in [-0.2, 0) is 0 Å². The van der Waals surface area contributed by atoms with E-state index in [9.17, 15) is 10.1 Å². The first-order valence-electron chi connectivity index (χ1n) is 5.18. The van der Waals surface area contributed by atoms with Crippen LogP contribution in [0.25, 0.3) is 0 Å². The van der Waals surface area contributed by atoms with E-state index < -0.39 is 0 Å². The van der Waals surface area contributed by atoms with Crippen molar-refractivity contribution in [3.05, 3.63) is 52.1 Å². The van der Waals surface area contributed by atoms with Crippen LogP contribution in [0.4, 0.5) is 5.69 Å². The van der Waals surface area contributed by atoms with Gasteiger partial charge in [0.25, 0.3) is 5.69 Å². The molecule has 1 atom stereocenters. The van der Waals surface area contributed by atoms with Gasteiger partial charge in [0.1, 0.15) is 0 Å². The first kappa shape index (κ1) is 9.90. The molecule has 3 nitrogen and oxygen atoms in total. The Morgan fingerprint density at radius 1 is 1.40 bits per heavy atom. The normalized spacial score (nSPS) is 20.1. The quantitative estimate of drug-likeness (QED) is 0.420. The van der Waals surface area contributed by atoms with Crippen molar-refractivity contribution < 1.29 is 4.92 Å². The third-order valence-corrected chi connectivity index (χ3v) is 2.76. The Bertz CT molecular complexity index is 398. The molecule has 0 bridgehead atoms. The van der Waals surface area contributed by atoms with Gasteiger partial charge in [-0.25, -0.2) is 0 Å². The topological polar surface area (TPSA) is 43.1 Å². The highest BCUT2D eigenvalue weighted by Gasteiger charge is 2.13. The molecule has 0 aliphatic heterocycles. The summed E-state index contributed by atoms with van der Waals surface area (Å²) >= 11 is 0. The van der Waals surface area contributed by atoms with Crippen molar-refractivity contribution in [1.82, 2.24) is 0 Å². The fourth-order valence-electron chi connectivity index (χ4n) is 1.96. The number of non-ortho nitro benzene ring substituents is 1. The van der Waals surface area contributed by atoms with Crippen LogP contribution in [0.2, 0.25) is 0 Å². The monoisotopic (exact) mass is 203 g/mol. The summed E-state index contributed by atoms with van der Waals surface area (Å²) in [6, 6.07) is 6.94. The molecular formula is C12H13NO2. The van der Waals surface area contributed by atoms with E-state index in [-0.39, 0.29) is 10.6 Å². The number of benzene rings is 1. The van der Waals surface area contributed by atoms with Crippen LogP contribution in [0.1, 0.15) is 30.7 Å². The Morgan fingerprint density at radius 3 is 2.93 bits per heavy atom. The Labute approximate surface area is 88.6 Å². The lowest BCUT2D eigenvalue weighted by atomic mass is 9.89. The lowest BCUT2D eigenvalue weighted by Gasteiger charge is -2.16. The van der Waals surface area contributed by atoms with Gasteiger partial charge in [-0.3, -0.25) is 10.1 Å². The maximum absolute atomic E-state index is 10.6. The average molecular weight is 203 g/mol. The van der Waals surface area contributed by atoms with Crippen LogP contribution in [0.5, 0.6) is 0 Å². The molecule has 0 saturated carbocycles. The Kier molecular flexibility index (Phi) is 2.81. The molecule has 0 heterocycles. The number of rotatable bonds is 2. The van der Waals surface area contributed by atoms with E-state index in [4.69, 9.17) is 0 Å². The zero-order chi connectivity index (χ0) is 10.7. The highest BCUT2D eigenvalue weighted by atomic mass is 16.6. The van der Waals surface area contributed by atoms with E-state index in [1.54, 1.807) is 12.1 Å². The molecule has 2 rings (SSSR count). The van der Waals surface area contributed by atoms with Gasteiger partial charge in [0, 0.05) is 18.1 Å². The molecule has 0 fully saturated rings. The third kappa shape index (κ3) is 2.24. The van der Waals surface area contributed by atoms with Crippen molar-refractivity contribution >= 4 is 5.69 Å². The van der Waals surface area contributed by atoms with Crippen molar-refractivity contribution in [2.24, 2.45) is 0 Å². The van der Waals surface area contributed by atoms with E-state index in [1.807, 2.05) is 6.07 Å². The predicted octanol–water partition coefficient (Wildman–Crippen LogP) is 3.42. The van der Waals surface area contributed by atoms with Crippen LogP contribution in [0.3, 0.4) is 0 Å². The second-order valence-electron chi connectivity index (χ2n) is 3.82. The number of hydrogen-bond donors (Lipinski definition) is 0. The smallest absolute Gasteiger partial charge is 0.258 e. The molecule has 1 aliphatic carbocycles. The molecule has 15 heavy (non-hydrogen) atoms. The van der Waals surface area contributed by atoms with Crippen LogP contribution < -0.4 is 0 Å². The molecule has 0 radical (unpaired) electrons. The van der Waals surface area contributed by atoms with Gasteiger partial charge in [-0.05, 0) is 24.8 Å². The van der Waals surface area contributed by atoms with Gasteiger partial charge < -0.3 is 0 Å². The van der Waals surface area contributed by atoms with Crippen molar-refractivity contribution in [1.29, 1.82) is 0 Å². The van der Waals surface area contributed by atoms with Gasteiger partial charge in [0.05, 0.1) is 4.92 Å². The molecule has 0 aromatic heterocycles. The third-order valence-electron chi connectivity index (χ3n) is 2.76. The highest BCUT2D eigenvalue weighted by Crippen LogP contribution is 2.29. The van der Waals surface area contributed by atoms with Crippen molar-refractivity contribution in [2.75, 3.05) is 0 Å². The van der Waals surface area contributed by atoms with Gasteiger partial charge >= 0.3 is 0 Å². The summed E-state index contributed by atoms with van der Waals surface area (Å²) in [4.78, 5) is 10.3. The second-order valence-corrected chi connectivity index (χ2v) is 3.82. The minimum absolute atomic E-state index is 0.187. The van der Waals surface area contributed by atoms with Gasteiger partial charge in [0.15, 0.2) is 0 Å². The molecular weight excluding hydrogens is 190 g/mol. The molecule has 1 aliphatic rings. The minimum atomic E-state index is -0.337. The lowest BCUT2D eigenvalue weighted by Crippen LogP contribution is -2.00. The molecule has 0 spiro atoms. The van der Waals surface area contributed by atoms with Crippen LogP contribution in [0, 0.1) is 10.1 Å². The maximum Gasteiger partial charge on any atom is 0.269 e. The fraction of sp³-hybridized carbons (Fsp3) is 0.333. The summed E-state index contributed by atoms with van der Waals surface area (Å²) in [5, 5.41) is 10.6. The zero-order valence-electron chi connectivity index (χ0n) is 8.43. The fourth-order valence-corrected chi connectivity index (χ4v) is 1.96. The maximum atomic E-state index is 10.6. The summed E-state index contributed by atoms with van der Waals surface area (Å²) in [5.74, 6) is 0.360. The summed E-state index contributed by atoms with van der Waals surface area (Å²) < 4.78 is 0. The SMILES string of the molecule is O=[N+]([O-])c1cccc(C2C=CCCC2)c1. The molecule has 3 heteroatoms. The van der Waals surface area contributed by atoms with E-state index >= 15 is 0 Å². The summed E-state index contributed by atoms with van der Waals surface area (Å²) in [7, 11) is 0. The van der Waals surface area contributed by atoms with Crippen molar-refractivity contribution in [2.45, 2.75) is 25.2 Å². The molecule has 1 unspecified atom stereocenters. The van der Waals surface area contributed by atoms with Crippen molar-refractivity contribution in [3.8, 4) is 0 Å². The molecule has 0 amide bonds. The lowest BCUT2D eigenvalue weighted by molar-refractivity contribution is -0.384. The van der Waals surface area contributed by atoms with E-state index in [0.717, 1.165) is 18.4 Å². The molecule has 78 valence electrons. The average Bonchev–Trinajstić information content (AvgIpc) is 2.30. The van der Waals surface area contributed by atoms with Crippen LogP contribution >= 0.6 is 0 Å². The molecule has 0 saturated heterocycles. The zero-order valence-corrected chi connectivity index (χ0v) is 8.43. The summed E-state index contributed by atoms with van der Waals surface area (Å²) in [6.07, 6.45) is 7.71. The van der Waals surface area contributed by atoms with Gasteiger partial charge in [0.2, 0.25) is 0 Å². The number of nitro groups is 1. The molecule has 0 N–H and O–H groups in total. The van der Waals surface area contributed by atoms with E-state index in [2.05, 4.69) is 12.2 Å². The van der Waals surface area contributed by atoms with Gasteiger partial charge in [-0.15, -0.1) is 0 Å². The number of nitro benzene ring substituents is 1. The largest absolute Gasteiger partial charge is 0.269 e. The minimum Gasteiger partial charge on any atom is -0.258 e. The Morgan fingerprint density at radius 2 is 2.27 bits per heavy atom. The number of nitrogens with zero attached hydrogens (tertiary/aromatic N) is 1. The molecule has 1 aromatic carbocycles. The Balaban J connectivity index is 2.27. The highest BCUT2D eigenvalue weighted by molar-refractivity contribution is 5.37. The van der Waals surface area contributed by atoms with E-state index in [0.29, 0.717) is 5.92 Å². The first-order chi connectivity index (χ1) is 7.27. The van der Waals surface area contributed by atoms with Crippen LogP contribution in [-0.4, -0.2) is 4.92 Å². The first-order valence-corrected chi connectivity index (χ1v) is 5.18. The number of hydrogen-bond acceptors (Lipinski definition) is 2. The number of allylic oxidation sites excluding steroid dienone is 2. The van der Waals surface area contributed by atoms with E-state index in [1.165, 1.54) is 12.5 Å². The summed E-state index contributed by atoms with van der Waals surface area (Å²) in [5.41, 5.74) is 1.24. The standard InChI is InChI=1S/C12H13NO2/c14-13(15)12-8-4-7-11(9-12)10-5-2-1-3-6-10/h2,4-5,7-10H,1,3,6H2. The predicted molar refractivity (Wildman–Crippen MR) is 58.8 cm³/mol. The van der Waals surface area contributed by atoms with Crippen LogP contribution in [0.15, 0.2) is 36.4 Å². The second kappa shape index (κ2) is 4.26. The summed E-state index contributed by atoms with van der Waals surface area (Å²) in [6.45, 7) is 0. The van der Waals surface area contributed by atoms with Gasteiger partial charge in [-0.1, -0.05) is 24.3 Å². The molecule has 1 aromatic rings. The van der Waals surface area contributed by atoms with Gasteiger partial charge in [-0.2, -0.15) is 0 Å². The Hall–Kier alpha value is -1.64.